The average molecular weight is 201 g/mol. The zero-order chi connectivity index (χ0) is 10.7. The van der Waals surface area contributed by atoms with Crippen LogP contribution in [0.25, 0.3) is 0 Å². The lowest BCUT2D eigenvalue weighted by molar-refractivity contribution is 0.810. The Bertz CT molecular complexity index is 428. The van der Waals surface area contributed by atoms with Crippen molar-refractivity contribution in [3.63, 3.8) is 0 Å². The van der Waals surface area contributed by atoms with Gasteiger partial charge in [-0.2, -0.15) is 0 Å². The lowest BCUT2D eigenvalue weighted by Crippen LogP contribution is -2.03. The summed E-state index contributed by atoms with van der Waals surface area (Å²) in [6, 6.07) is 8.58. The first kappa shape index (κ1) is 9.77. The average Bonchev–Trinajstić information content (AvgIpc) is 2.66. The Morgan fingerprint density at radius 3 is 2.40 bits per heavy atom. The molecule has 0 aliphatic heterocycles. The molecule has 15 heavy (non-hydrogen) atoms. The topological polar surface area (TPSA) is 43.8 Å². The van der Waals surface area contributed by atoms with Crippen LogP contribution in [-0.4, -0.2) is 9.55 Å². The maximum Gasteiger partial charge on any atom is 0.200 e. The van der Waals surface area contributed by atoms with Crippen LogP contribution in [0.1, 0.15) is 18.1 Å². The van der Waals surface area contributed by atoms with Crippen molar-refractivity contribution < 1.29 is 0 Å². The molecule has 1 heterocycles. The van der Waals surface area contributed by atoms with Crippen LogP contribution in [0.5, 0.6) is 0 Å². The van der Waals surface area contributed by atoms with Crippen LogP contribution in [0.4, 0.5) is 5.95 Å². The summed E-state index contributed by atoms with van der Waals surface area (Å²) < 4.78 is 1.93. The number of anilines is 1. The fraction of sp³-hybridized carbons (Fsp3) is 0.250. The number of rotatable bonds is 3. The predicted molar refractivity (Wildman–Crippen MR) is 61.6 cm³/mol. The van der Waals surface area contributed by atoms with Gasteiger partial charge in [0.2, 0.25) is 0 Å². The van der Waals surface area contributed by atoms with Crippen LogP contribution in [0, 0.1) is 0 Å². The third-order valence-electron chi connectivity index (χ3n) is 2.53. The van der Waals surface area contributed by atoms with E-state index in [1.54, 1.807) is 6.20 Å². The first-order valence-electron chi connectivity index (χ1n) is 5.14. The van der Waals surface area contributed by atoms with Crippen molar-refractivity contribution in [3.8, 4) is 0 Å². The molecular weight excluding hydrogens is 186 g/mol. The highest BCUT2D eigenvalue weighted by atomic mass is 15.1. The number of nitrogen functional groups attached to an aromatic ring is 1. The van der Waals surface area contributed by atoms with Crippen molar-refractivity contribution in [2.45, 2.75) is 19.9 Å². The number of benzene rings is 1. The number of nitrogens with two attached hydrogens (primary N) is 1. The number of aromatic nitrogens is 2. The normalized spacial score (nSPS) is 10.5. The molecule has 3 nitrogen and oxygen atoms in total. The molecule has 1 aromatic heterocycles. The molecule has 0 bridgehead atoms. The quantitative estimate of drug-likeness (QED) is 0.826. The Morgan fingerprint density at radius 1 is 1.20 bits per heavy atom. The molecule has 0 spiro atoms. The zero-order valence-corrected chi connectivity index (χ0v) is 8.85. The lowest BCUT2D eigenvalue weighted by Gasteiger charge is -2.05. The molecule has 2 rings (SSSR count). The maximum absolute atomic E-state index is 5.70. The van der Waals surface area contributed by atoms with E-state index in [4.69, 9.17) is 5.73 Å². The Kier molecular flexibility index (Phi) is 2.72. The van der Waals surface area contributed by atoms with E-state index in [9.17, 15) is 0 Å². The van der Waals surface area contributed by atoms with Gasteiger partial charge in [0.15, 0.2) is 5.95 Å². The van der Waals surface area contributed by atoms with Crippen LogP contribution in [0.2, 0.25) is 0 Å². The van der Waals surface area contributed by atoms with Gasteiger partial charge in [0.1, 0.15) is 0 Å². The molecule has 0 unspecified atom stereocenters. The molecule has 2 aromatic rings. The van der Waals surface area contributed by atoms with Crippen molar-refractivity contribution in [3.05, 3.63) is 47.8 Å². The second-order valence-electron chi connectivity index (χ2n) is 3.58. The summed E-state index contributed by atoms with van der Waals surface area (Å²) in [4.78, 5) is 3.99. The minimum atomic E-state index is 0.564. The summed E-state index contributed by atoms with van der Waals surface area (Å²) in [6.45, 7) is 2.94. The summed E-state index contributed by atoms with van der Waals surface area (Å²) in [6.07, 6.45) is 4.69. The van der Waals surface area contributed by atoms with Crippen LogP contribution < -0.4 is 5.73 Å². The van der Waals surface area contributed by atoms with Gasteiger partial charge >= 0.3 is 0 Å². The lowest BCUT2D eigenvalue weighted by atomic mass is 10.1. The third-order valence-corrected chi connectivity index (χ3v) is 2.53. The number of imidazole rings is 1. The van der Waals surface area contributed by atoms with Gasteiger partial charge in [0.05, 0.1) is 6.54 Å². The minimum Gasteiger partial charge on any atom is -0.369 e. The molecule has 0 amide bonds. The third kappa shape index (κ3) is 2.18. The monoisotopic (exact) mass is 201 g/mol. The van der Waals surface area contributed by atoms with Crippen LogP contribution in [0.15, 0.2) is 36.7 Å². The zero-order valence-electron chi connectivity index (χ0n) is 8.85. The van der Waals surface area contributed by atoms with E-state index in [0.717, 1.165) is 13.0 Å². The van der Waals surface area contributed by atoms with Gasteiger partial charge in [-0.3, -0.25) is 0 Å². The van der Waals surface area contributed by atoms with Gasteiger partial charge in [-0.25, -0.2) is 4.98 Å². The minimum absolute atomic E-state index is 0.564. The molecular formula is C12H15N3. The standard InChI is InChI=1S/C12H15N3/c1-2-10-3-5-11(6-4-10)9-15-8-7-14-12(15)13/h3-8H,2,9H2,1H3,(H2,13,14). The first-order chi connectivity index (χ1) is 7.29. The smallest absolute Gasteiger partial charge is 0.200 e. The molecule has 0 fully saturated rings. The van der Waals surface area contributed by atoms with Gasteiger partial charge in [-0.05, 0) is 17.5 Å². The molecule has 0 aliphatic rings. The SMILES string of the molecule is CCc1ccc(Cn2ccnc2N)cc1. The van der Waals surface area contributed by atoms with E-state index < -0.39 is 0 Å². The van der Waals surface area contributed by atoms with Crippen LogP contribution in [0.3, 0.4) is 0 Å². The molecule has 2 N–H and O–H groups in total. The number of aryl methyl sites for hydroxylation is 1. The van der Waals surface area contributed by atoms with Gasteiger partial charge in [0.25, 0.3) is 0 Å². The van der Waals surface area contributed by atoms with E-state index >= 15 is 0 Å². The molecule has 0 saturated carbocycles. The summed E-state index contributed by atoms with van der Waals surface area (Å²) >= 11 is 0. The fourth-order valence-corrected chi connectivity index (χ4v) is 1.55. The van der Waals surface area contributed by atoms with Gasteiger partial charge in [-0.1, -0.05) is 31.2 Å². The van der Waals surface area contributed by atoms with Gasteiger partial charge < -0.3 is 10.3 Å². The highest BCUT2D eigenvalue weighted by Crippen LogP contribution is 2.08. The molecule has 3 heteroatoms. The molecule has 0 aliphatic carbocycles. The molecule has 78 valence electrons. The Morgan fingerprint density at radius 2 is 1.87 bits per heavy atom. The van der Waals surface area contributed by atoms with E-state index in [-0.39, 0.29) is 0 Å². The van der Waals surface area contributed by atoms with Crippen molar-refractivity contribution >= 4 is 5.95 Å². The van der Waals surface area contributed by atoms with E-state index in [1.165, 1.54) is 11.1 Å². The second kappa shape index (κ2) is 4.17. The first-order valence-corrected chi connectivity index (χ1v) is 5.14. The van der Waals surface area contributed by atoms with E-state index in [2.05, 4.69) is 36.2 Å². The van der Waals surface area contributed by atoms with E-state index in [0.29, 0.717) is 5.95 Å². The largest absolute Gasteiger partial charge is 0.369 e. The van der Waals surface area contributed by atoms with Crippen molar-refractivity contribution in [2.24, 2.45) is 0 Å². The van der Waals surface area contributed by atoms with Crippen LogP contribution in [-0.2, 0) is 13.0 Å². The number of hydrogen-bond donors (Lipinski definition) is 1. The van der Waals surface area contributed by atoms with Crippen LogP contribution >= 0.6 is 0 Å². The summed E-state index contributed by atoms with van der Waals surface area (Å²) in [5, 5.41) is 0. The molecule has 0 radical (unpaired) electrons. The Balaban J connectivity index is 2.14. The summed E-state index contributed by atoms with van der Waals surface area (Å²) in [5.74, 6) is 0.564. The number of hydrogen-bond acceptors (Lipinski definition) is 2. The summed E-state index contributed by atoms with van der Waals surface area (Å²) in [5.41, 5.74) is 8.30. The molecule has 1 aromatic carbocycles. The van der Waals surface area contributed by atoms with Crippen molar-refractivity contribution in [1.29, 1.82) is 0 Å². The van der Waals surface area contributed by atoms with Gasteiger partial charge in [0, 0.05) is 12.4 Å². The maximum atomic E-state index is 5.70. The van der Waals surface area contributed by atoms with Crippen molar-refractivity contribution in [2.75, 3.05) is 5.73 Å². The molecule has 0 saturated heterocycles. The van der Waals surface area contributed by atoms with Crippen molar-refractivity contribution in [1.82, 2.24) is 9.55 Å². The van der Waals surface area contributed by atoms with Gasteiger partial charge in [-0.15, -0.1) is 0 Å². The molecule has 0 atom stereocenters. The Labute approximate surface area is 89.6 Å². The highest BCUT2D eigenvalue weighted by molar-refractivity contribution is 5.25. The Hall–Kier alpha value is -1.77. The fourth-order valence-electron chi connectivity index (χ4n) is 1.55. The van der Waals surface area contributed by atoms with E-state index in [1.807, 2.05) is 10.8 Å². The predicted octanol–water partition coefficient (Wildman–Crippen LogP) is 2.08. The number of nitrogens with zero attached hydrogens (tertiary/aromatic N) is 2. The summed E-state index contributed by atoms with van der Waals surface area (Å²) in [7, 11) is 0. The second-order valence-corrected chi connectivity index (χ2v) is 3.58. The highest BCUT2D eigenvalue weighted by Gasteiger charge is 1.98.